The monoisotopic (exact) mass is 746 g/mol. The Balaban J connectivity index is 4.13. The van der Waals surface area contributed by atoms with Crippen LogP contribution >= 0.6 is 7.82 Å². The van der Waals surface area contributed by atoms with Crippen LogP contribution < -0.4 is 0 Å². The lowest BCUT2D eigenvalue weighted by atomic mass is 10.1. The van der Waals surface area contributed by atoms with Gasteiger partial charge >= 0.3 is 19.8 Å². The van der Waals surface area contributed by atoms with E-state index in [1.807, 2.05) is 12.2 Å². The summed E-state index contributed by atoms with van der Waals surface area (Å²) in [6, 6.07) is 0. The van der Waals surface area contributed by atoms with E-state index in [0.717, 1.165) is 64.2 Å². The van der Waals surface area contributed by atoms with Crippen LogP contribution in [0.3, 0.4) is 0 Å². The zero-order valence-electron chi connectivity index (χ0n) is 32.4. The summed E-state index contributed by atoms with van der Waals surface area (Å²) in [5, 5.41) is 0. The second-order valence-corrected chi connectivity index (χ2v) is 14.1. The quantitative estimate of drug-likeness (QED) is 0.0285. The van der Waals surface area contributed by atoms with Crippen molar-refractivity contribution in [2.45, 2.75) is 161 Å². The first-order valence-corrected chi connectivity index (χ1v) is 21.4. The topological polar surface area (TPSA) is 119 Å². The average Bonchev–Trinajstić information content (AvgIpc) is 3.11. The minimum absolute atomic E-state index is 0.0808. The Bertz CT molecular complexity index is 1110. The van der Waals surface area contributed by atoms with E-state index >= 15 is 0 Å². The molecule has 2 N–H and O–H groups in total. The van der Waals surface area contributed by atoms with Crippen LogP contribution in [0.2, 0.25) is 0 Å². The Kier molecular flexibility index (Phi) is 35.9. The summed E-state index contributed by atoms with van der Waals surface area (Å²) in [4.78, 5) is 42.7. The van der Waals surface area contributed by atoms with Crippen molar-refractivity contribution >= 4 is 19.8 Å². The summed E-state index contributed by atoms with van der Waals surface area (Å²) in [5.74, 6) is -1.01. The van der Waals surface area contributed by atoms with Crippen LogP contribution in [-0.2, 0) is 28.2 Å². The molecule has 0 spiro atoms. The smallest absolute Gasteiger partial charge is 0.462 e. The molecule has 8 nitrogen and oxygen atoms in total. The largest absolute Gasteiger partial charge is 0.469 e. The van der Waals surface area contributed by atoms with Gasteiger partial charge in [0.2, 0.25) is 0 Å². The van der Waals surface area contributed by atoms with E-state index in [0.29, 0.717) is 12.8 Å². The number of ether oxygens (including phenoxy) is 2. The molecule has 0 rings (SSSR count). The van der Waals surface area contributed by atoms with Crippen LogP contribution in [0.15, 0.2) is 85.1 Å². The highest BCUT2D eigenvalue weighted by Gasteiger charge is 2.22. The van der Waals surface area contributed by atoms with Crippen molar-refractivity contribution in [3.63, 3.8) is 0 Å². The van der Waals surface area contributed by atoms with Crippen molar-refractivity contribution in [2.24, 2.45) is 0 Å². The third-order valence-electron chi connectivity index (χ3n) is 7.90. The number of hydrogen-bond acceptors (Lipinski definition) is 6. The third-order valence-corrected chi connectivity index (χ3v) is 8.39. The van der Waals surface area contributed by atoms with Crippen LogP contribution in [-0.4, -0.2) is 41.0 Å². The molecule has 0 aliphatic heterocycles. The molecule has 0 aliphatic carbocycles. The van der Waals surface area contributed by atoms with Gasteiger partial charge in [-0.15, -0.1) is 0 Å². The van der Waals surface area contributed by atoms with E-state index < -0.39 is 32.5 Å². The van der Waals surface area contributed by atoms with Crippen molar-refractivity contribution in [2.75, 3.05) is 13.2 Å². The molecule has 0 aromatic carbocycles. The molecule has 0 saturated carbocycles. The number of esters is 2. The summed E-state index contributed by atoms with van der Waals surface area (Å²) in [6.45, 7) is 3.54. The first-order valence-electron chi connectivity index (χ1n) is 19.9. The van der Waals surface area contributed by atoms with Gasteiger partial charge in [0.1, 0.15) is 6.61 Å². The van der Waals surface area contributed by atoms with E-state index in [1.165, 1.54) is 51.4 Å². The lowest BCUT2D eigenvalue weighted by Gasteiger charge is -2.18. The minimum atomic E-state index is -4.78. The molecular weight excluding hydrogens is 675 g/mol. The summed E-state index contributed by atoms with van der Waals surface area (Å²) < 4.78 is 26.2. The van der Waals surface area contributed by atoms with Crippen LogP contribution in [0.1, 0.15) is 155 Å². The number of allylic oxidation sites excluding steroid dienone is 14. The van der Waals surface area contributed by atoms with E-state index in [1.54, 1.807) is 0 Å². The summed E-state index contributed by atoms with van der Waals surface area (Å²) in [6.07, 6.45) is 50.2. The molecule has 9 heteroatoms. The molecule has 0 bridgehead atoms. The summed E-state index contributed by atoms with van der Waals surface area (Å²) in [7, 11) is -4.78. The molecule has 0 heterocycles. The molecule has 52 heavy (non-hydrogen) atoms. The normalized spacial score (nSPS) is 13.4. The fourth-order valence-electron chi connectivity index (χ4n) is 4.91. The maximum absolute atomic E-state index is 12.4. The van der Waals surface area contributed by atoms with Gasteiger partial charge in [-0.3, -0.25) is 14.1 Å². The molecule has 0 aromatic rings. The number of rotatable bonds is 35. The average molecular weight is 747 g/mol. The van der Waals surface area contributed by atoms with Crippen LogP contribution in [0.4, 0.5) is 0 Å². The number of phosphoric acid groups is 1. The fraction of sp³-hybridized carbons (Fsp3) is 0.628. The summed E-state index contributed by atoms with van der Waals surface area (Å²) in [5.41, 5.74) is 0. The third kappa shape index (κ3) is 40.0. The maximum Gasteiger partial charge on any atom is 0.469 e. The number of carbonyl (C=O) groups excluding carboxylic acids is 2. The second kappa shape index (κ2) is 38.0. The standard InChI is InChI=1S/C43H71O8P/c1-3-5-7-9-11-13-15-17-19-20-21-22-24-26-28-30-32-34-36-38-43(45)51-41(40-50-52(46,47)48)39-49-42(44)37-35-33-31-29-27-25-23-18-16-14-12-10-8-6-4-2/h11-14,17-19,21-23,26,28,32,34,41H,3-10,15-16,20,24-25,27,29-31,33,35-40H2,1-2H3,(H2,46,47,48)/b13-11+,14-12+,19-17+,22-21+,23-18+,28-26+,34-32+/t41-/m1/s1. The zero-order valence-corrected chi connectivity index (χ0v) is 33.3. The Hall–Kier alpha value is -2.77. The van der Waals surface area contributed by atoms with Gasteiger partial charge in [0.25, 0.3) is 0 Å². The lowest BCUT2D eigenvalue weighted by molar-refractivity contribution is -0.161. The molecule has 0 amide bonds. The van der Waals surface area contributed by atoms with Gasteiger partial charge in [-0.05, 0) is 83.5 Å². The van der Waals surface area contributed by atoms with E-state index in [2.05, 4.69) is 91.3 Å². The van der Waals surface area contributed by atoms with Crippen molar-refractivity contribution in [1.29, 1.82) is 0 Å². The highest BCUT2D eigenvalue weighted by molar-refractivity contribution is 7.46. The fourth-order valence-corrected chi connectivity index (χ4v) is 5.27. The number of hydrogen-bond donors (Lipinski definition) is 2. The zero-order chi connectivity index (χ0) is 38.2. The second-order valence-electron chi connectivity index (χ2n) is 12.9. The van der Waals surface area contributed by atoms with Crippen LogP contribution in [0, 0.1) is 0 Å². The van der Waals surface area contributed by atoms with Crippen LogP contribution in [0.25, 0.3) is 0 Å². The van der Waals surface area contributed by atoms with E-state index in [-0.39, 0.29) is 19.4 Å². The molecule has 296 valence electrons. The Morgan fingerprint density at radius 2 is 0.904 bits per heavy atom. The molecule has 1 atom stereocenters. The number of unbranched alkanes of at least 4 members (excludes halogenated alkanes) is 11. The molecule has 0 aliphatic rings. The van der Waals surface area contributed by atoms with Crippen molar-refractivity contribution in [3.05, 3.63) is 85.1 Å². The van der Waals surface area contributed by atoms with Gasteiger partial charge in [-0.2, -0.15) is 0 Å². The van der Waals surface area contributed by atoms with Gasteiger partial charge in [0, 0.05) is 12.8 Å². The first-order chi connectivity index (χ1) is 25.3. The van der Waals surface area contributed by atoms with Gasteiger partial charge in [0.05, 0.1) is 6.61 Å². The van der Waals surface area contributed by atoms with Gasteiger partial charge in [-0.25, -0.2) is 4.57 Å². The molecule has 0 saturated heterocycles. The molecule has 0 radical (unpaired) electrons. The van der Waals surface area contributed by atoms with Gasteiger partial charge in [0.15, 0.2) is 6.10 Å². The van der Waals surface area contributed by atoms with Crippen molar-refractivity contribution in [3.8, 4) is 0 Å². The predicted molar refractivity (Wildman–Crippen MR) is 216 cm³/mol. The predicted octanol–water partition coefficient (Wildman–Crippen LogP) is 12.1. The summed E-state index contributed by atoms with van der Waals surface area (Å²) >= 11 is 0. The highest BCUT2D eigenvalue weighted by Crippen LogP contribution is 2.35. The van der Waals surface area contributed by atoms with E-state index in [4.69, 9.17) is 19.3 Å². The maximum atomic E-state index is 12.4. The van der Waals surface area contributed by atoms with Crippen molar-refractivity contribution in [1.82, 2.24) is 0 Å². The van der Waals surface area contributed by atoms with Gasteiger partial charge in [-0.1, -0.05) is 144 Å². The SMILES string of the molecule is CCCCC/C=C/C/C=C/C/C=C/C/C=C/C/C=C/CCC(=O)O[C@H](COC(=O)CCCCCCC/C=C/C/C=C/CCCCC)COP(=O)(O)O. The van der Waals surface area contributed by atoms with Crippen LogP contribution in [0.5, 0.6) is 0 Å². The Morgan fingerprint density at radius 1 is 0.500 bits per heavy atom. The Labute approximate surface area is 316 Å². The molecule has 0 fully saturated rings. The first kappa shape index (κ1) is 49.2. The Morgan fingerprint density at radius 3 is 1.37 bits per heavy atom. The highest BCUT2D eigenvalue weighted by atomic mass is 31.2. The number of carbonyl (C=O) groups is 2. The van der Waals surface area contributed by atoms with Crippen molar-refractivity contribution < 1.29 is 37.9 Å². The lowest BCUT2D eigenvalue weighted by Crippen LogP contribution is -2.29. The van der Waals surface area contributed by atoms with E-state index in [9.17, 15) is 14.2 Å². The van der Waals surface area contributed by atoms with Gasteiger partial charge < -0.3 is 19.3 Å². The number of phosphoric ester groups is 1. The minimum Gasteiger partial charge on any atom is -0.462 e. The molecule has 0 aromatic heterocycles. The molecule has 0 unspecified atom stereocenters. The molecular formula is C43H71O8P.